The van der Waals surface area contributed by atoms with Crippen LogP contribution in [0.25, 0.3) is 17.0 Å². The molecule has 5 aromatic rings. The minimum Gasteiger partial charge on any atom is -0.496 e. The number of rotatable bonds is 6. The minimum absolute atomic E-state index is 0.254. The Morgan fingerprint density at radius 2 is 1.84 bits per heavy atom. The number of esters is 1. The third-order valence-corrected chi connectivity index (χ3v) is 9.47. The molecule has 0 fully saturated rings. The van der Waals surface area contributed by atoms with Gasteiger partial charge in [0.2, 0.25) is 0 Å². The predicted octanol–water partition coefficient (Wildman–Crippen LogP) is 6.14. The molecule has 3 heterocycles. The van der Waals surface area contributed by atoms with Gasteiger partial charge in [0, 0.05) is 43.8 Å². The van der Waals surface area contributed by atoms with Crippen LogP contribution in [0.2, 0.25) is 5.02 Å². The normalized spacial score (nSPS) is 15.0. The highest BCUT2D eigenvalue weighted by Crippen LogP contribution is 2.37. The van der Waals surface area contributed by atoms with Crippen LogP contribution in [-0.2, 0) is 16.1 Å². The van der Waals surface area contributed by atoms with E-state index >= 15 is 0 Å². The van der Waals surface area contributed by atoms with Crippen LogP contribution >= 0.6 is 38.9 Å². The van der Waals surface area contributed by atoms with Gasteiger partial charge in [-0.05, 0) is 61.9 Å². The Kier molecular flexibility index (Phi) is 7.89. The van der Waals surface area contributed by atoms with E-state index in [0.29, 0.717) is 37.9 Å². The summed E-state index contributed by atoms with van der Waals surface area (Å²) in [6, 6.07) is 20.8. The van der Waals surface area contributed by atoms with Crippen molar-refractivity contribution in [3.8, 4) is 5.75 Å². The lowest BCUT2D eigenvalue weighted by Gasteiger charge is -2.25. The molecule has 6 rings (SSSR count). The lowest BCUT2D eigenvalue weighted by atomic mass is 9.95. The van der Waals surface area contributed by atoms with Gasteiger partial charge in [0.15, 0.2) is 4.80 Å². The zero-order chi connectivity index (χ0) is 30.4. The Hall–Kier alpha value is -3.92. The summed E-state index contributed by atoms with van der Waals surface area (Å²) in [7, 11) is 2.85. The summed E-state index contributed by atoms with van der Waals surface area (Å²) >= 11 is 11.2. The first-order valence-electron chi connectivity index (χ1n) is 13.5. The second kappa shape index (κ2) is 11.6. The Morgan fingerprint density at radius 1 is 1.09 bits per heavy atom. The van der Waals surface area contributed by atoms with Crippen molar-refractivity contribution < 1.29 is 14.3 Å². The third-order valence-electron chi connectivity index (χ3n) is 7.72. The monoisotopic (exact) mass is 675 g/mol. The number of hydrogen-bond acceptors (Lipinski definition) is 6. The van der Waals surface area contributed by atoms with E-state index in [9.17, 15) is 9.59 Å². The number of benzene rings is 3. The smallest absolute Gasteiger partial charge is 0.338 e. The first-order chi connectivity index (χ1) is 20.7. The summed E-state index contributed by atoms with van der Waals surface area (Å²) in [4.78, 5) is 32.5. The van der Waals surface area contributed by atoms with Gasteiger partial charge in [-0.3, -0.25) is 9.36 Å². The first kappa shape index (κ1) is 29.2. The fourth-order valence-electron chi connectivity index (χ4n) is 5.65. The van der Waals surface area contributed by atoms with Crippen LogP contribution in [0.3, 0.4) is 0 Å². The third kappa shape index (κ3) is 5.15. The molecule has 0 amide bonds. The van der Waals surface area contributed by atoms with Gasteiger partial charge in [-0.2, -0.15) is 0 Å². The second-order valence-corrected chi connectivity index (χ2v) is 12.5. The maximum absolute atomic E-state index is 14.2. The number of nitrogens with zero attached hydrogens (tertiary/aromatic N) is 3. The second-order valence-electron chi connectivity index (χ2n) is 10.2. The number of ether oxygens (including phenoxy) is 2. The summed E-state index contributed by atoms with van der Waals surface area (Å²) in [5.74, 6) is -0.0821. The lowest BCUT2D eigenvalue weighted by molar-refractivity contribution is -0.136. The Balaban J connectivity index is 1.57. The van der Waals surface area contributed by atoms with E-state index in [0.717, 1.165) is 26.6 Å². The molecule has 2 aromatic heterocycles. The number of carbonyl (C=O) groups excluding carboxylic acids is 1. The fourth-order valence-corrected chi connectivity index (χ4v) is 7.13. The van der Waals surface area contributed by atoms with Crippen LogP contribution < -0.4 is 19.6 Å². The number of allylic oxidation sites excluding steroid dienone is 1. The zero-order valence-corrected chi connectivity index (χ0v) is 27.0. The largest absolute Gasteiger partial charge is 0.496 e. The predicted molar refractivity (Wildman–Crippen MR) is 174 cm³/mol. The summed E-state index contributed by atoms with van der Waals surface area (Å²) in [5.41, 5.74) is 5.26. The van der Waals surface area contributed by atoms with Crippen LogP contribution in [-0.4, -0.2) is 29.3 Å². The molecule has 0 aliphatic carbocycles. The Morgan fingerprint density at radius 3 is 2.56 bits per heavy atom. The number of aromatic nitrogens is 2. The standard InChI is InChI=1S/C33H27BrClN3O4S/c1-18-29(32(40)42-4)30(25-15-22(35)13-14-27(25)41-3)38-31(39)28(43-33(38)36-18)16-24-19(2)37(26-8-6-5-7-23(24)26)17-20-9-11-21(34)12-10-20/h5-16,30H,17H2,1-4H3/b28-16-/t30-/m0/s1. The van der Waals surface area contributed by atoms with Gasteiger partial charge < -0.3 is 14.0 Å². The average Bonchev–Trinajstić information content (AvgIpc) is 3.45. The van der Waals surface area contributed by atoms with E-state index < -0.39 is 12.0 Å². The molecular weight excluding hydrogens is 650 g/mol. The number of carbonyl (C=O) groups is 1. The maximum Gasteiger partial charge on any atom is 0.338 e. The maximum atomic E-state index is 14.2. The van der Waals surface area contributed by atoms with E-state index in [1.54, 1.807) is 29.7 Å². The van der Waals surface area contributed by atoms with Crippen LogP contribution in [0.4, 0.5) is 0 Å². The molecule has 0 N–H and O–H groups in total. The molecular formula is C33H27BrClN3O4S. The number of halogens is 2. The van der Waals surface area contributed by atoms with Gasteiger partial charge in [0.1, 0.15) is 11.8 Å². The molecule has 0 radical (unpaired) electrons. The molecule has 0 bridgehead atoms. The van der Waals surface area contributed by atoms with Gasteiger partial charge in [-0.1, -0.05) is 69.2 Å². The summed E-state index contributed by atoms with van der Waals surface area (Å²) in [6.07, 6.45) is 1.93. The molecule has 218 valence electrons. The topological polar surface area (TPSA) is 74.8 Å². The van der Waals surface area contributed by atoms with Crippen LogP contribution in [0.15, 0.2) is 92.3 Å². The molecule has 0 saturated heterocycles. The molecule has 0 spiro atoms. The number of methoxy groups -OCH3 is 2. The number of hydrogen-bond donors (Lipinski definition) is 0. The number of para-hydroxylation sites is 1. The molecule has 10 heteroatoms. The zero-order valence-electron chi connectivity index (χ0n) is 23.9. The van der Waals surface area contributed by atoms with E-state index in [4.69, 9.17) is 21.1 Å². The van der Waals surface area contributed by atoms with Gasteiger partial charge in [0.25, 0.3) is 5.56 Å². The van der Waals surface area contributed by atoms with E-state index in [1.165, 1.54) is 31.1 Å². The van der Waals surface area contributed by atoms with Gasteiger partial charge in [-0.25, -0.2) is 9.79 Å². The highest BCUT2D eigenvalue weighted by Gasteiger charge is 2.35. The molecule has 7 nitrogen and oxygen atoms in total. The quantitative estimate of drug-likeness (QED) is 0.203. The highest BCUT2D eigenvalue weighted by atomic mass is 79.9. The van der Waals surface area contributed by atoms with Gasteiger partial charge in [0.05, 0.1) is 30.0 Å². The molecule has 0 unspecified atom stereocenters. The molecule has 0 saturated carbocycles. The van der Waals surface area contributed by atoms with E-state index in [-0.39, 0.29) is 11.1 Å². The molecule has 43 heavy (non-hydrogen) atoms. The van der Waals surface area contributed by atoms with Crippen LogP contribution in [0.1, 0.15) is 35.3 Å². The average molecular weight is 677 g/mol. The minimum atomic E-state index is -0.834. The molecule has 3 aromatic carbocycles. The SMILES string of the molecule is COC(=O)C1=C(C)N=c2s/c(=C\c3c(C)n(Cc4ccc(Br)cc4)c4ccccc34)c(=O)n2[C@H]1c1cc(Cl)ccc1OC. The highest BCUT2D eigenvalue weighted by molar-refractivity contribution is 9.10. The van der Waals surface area contributed by atoms with Crippen molar-refractivity contribution in [2.24, 2.45) is 4.99 Å². The molecule has 1 aliphatic heterocycles. The van der Waals surface area contributed by atoms with E-state index in [1.807, 2.05) is 30.3 Å². The Bertz CT molecular complexity index is 2130. The van der Waals surface area contributed by atoms with Crippen molar-refractivity contribution >= 4 is 61.8 Å². The summed E-state index contributed by atoms with van der Waals surface area (Å²) < 4.78 is 16.1. The van der Waals surface area contributed by atoms with Crippen molar-refractivity contribution in [1.82, 2.24) is 9.13 Å². The molecule has 1 aliphatic rings. The molecule has 1 atom stereocenters. The van der Waals surface area contributed by atoms with Crippen LogP contribution in [0.5, 0.6) is 5.75 Å². The summed E-state index contributed by atoms with van der Waals surface area (Å²) in [5, 5.41) is 1.49. The van der Waals surface area contributed by atoms with Crippen LogP contribution in [0, 0.1) is 6.92 Å². The van der Waals surface area contributed by atoms with E-state index in [2.05, 4.69) is 56.7 Å². The number of fused-ring (bicyclic) bond motifs is 2. The lowest BCUT2D eigenvalue weighted by Crippen LogP contribution is -2.40. The van der Waals surface area contributed by atoms with Gasteiger partial charge >= 0.3 is 5.97 Å². The van der Waals surface area contributed by atoms with Crippen molar-refractivity contribution in [3.63, 3.8) is 0 Å². The van der Waals surface area contributed by atoms with Crippen molar-refractivity contribution in [2.75, 3.05) is 14.2 Å². The summed E-state index contributed by atoms with van der Waals surface area (Å²) in [6.45, 7) is 4.50. The Labute approximate surface area is 265 Å². The van der Waals surface area contributed by atoms with Crippen molar-refractivity contribution in [1.29, 1.82) is 0 Å². The number of thiazole rings is 1. The first-order valence-corrected chi connectivity index (χ1v) is 15.5. The van der Waals surface area contributed by atoms with Gasteiger partial charge in [-0.15, -0.1) is 0 Å². The fraction of sp³-hybridized carbons (Fsp3) is 0.182. The van der Waals surface area contributed by atoms with Crippen molar-refractivity contribution in [2.45, 2.75) is 26.4 Å². The van der Waals surface area contributed by atoms with Crippen molar-refractivity contribution in [3.05, 3.63) is 130 Å².